The Labute approximate surface area is 76.6 Å². The Balaban J connectivity index is 2.79. The van der Waals surface area contributed by atoms with Gasteiger partial charge in [-0.15, -0.1) is 0 Å². The van der Waals surface area contributed by atoms with Gasteiger partial charge >= 0.3 is 0 Å². The van der Waals surface area contributed by atoms with E-state index in [-0.39, 0.29) is 0 Å². The Morgan fingerprint density at radius 2 is 2.08 bits per heavy atom. The first-order chi connectivity index (χ1) is 6.33. The molecular weight excluding hydrogens is 162 g/mol. The highest BCUT2D eigenvalue weighted by atomic mass is 14.9. The summed E-state index contributed by atoms with van der Waals surface area (Å²) in [7, 11) is 1.84. The fourth-order valence-electron chi connectivity index (χ4n) is 1.36. The molecule has 0 radical (unpaired) electrons. The van der Waals surface area contributed by atoms with Crippen LogP contribution >= 0.6 is 0 Å². The van der Waals surface area contributed by atoms with E-state index in [2.05, 4.69) is 10.3 Å². The van der Waals surface area contributed by atoms with Gasteiger partial charge in [0.15, 0.2) is 0 Å². The third-order valence-corrected chi connectivity index (χ3v) is 2.09. The lowest BCUT2D eigenvalue weighted by atomic mass is 10.2. The first kappa shape index (κ1) is 7.86. The second-order valence-corrected chi connectivity index (χ2v) is 2.85. The highest BCUT2D eigenvalue weighted by Gasteiger charge is 2.02. The number of pyridine rings is 1. The van der Waals surface area contributed by atoms with Crippen LogP contribution in [0.1, 0.15) is 0 Å². The van der Waals surface area contributed by atoms with E-state index in [9.17, 15) is 0 Å². The van der Waals surface area contributed by atoms with E-state index in [4.69, 9.17) is 5.73 Å². The first-order valence-corrected chi connectivity index (χ1v) is 4.14. The minimum atomic E-state index is 0.758. The van der Waals surface area contributed by atoms with Crippen molar-refractivity contribution in [1.29, 1.82) is 0 Å². The maximum absolute atomic E-state index is 5.93. The maximum atomic E-state index is 5.93. The number of rotatable bonds is 1. The van der Waals surface area contributed by atoms with Gasteiger partial charge < -0.3 is 11.1 Å². The van der Waals surface area contributed by atoms with E-state index in [0.29, 0.717) is 0 Å². The van der Waals surface area contributed by atoms with Crippen LogP contribution in [-0.2, 0) is 0 Å². The standard InChI is InChI=1S/C10H11N3/c1-12-9-6-13-8-5-3-2-4-7(8)10(9)11/h2-6,12H,1H3,(H2,11,13). The average Bonchev–Trinajstić information content (AvgIpc) is 2.19. The van der Waals surface area contributed by atoms with Gasteiger partial charge in [-0.05, 0) is 6.07 Å². The van der Waals surface area contributed by atoms with Gasteiger partial charge in [-0.25, -0.2) is 0 Å². The lowest BCUT2D eigenvalue weighted by Gasteiger charge is -2.06. The van der Waals surface area contributed by atoms with Gasteiger partial charge in [0.25, 0.3) is 0 Å². The van der Waals surface area contributed by atoms with Crippen molar-refractivity contribution in [1.82, 2.24) is 4.98 Å². The number of para-hydroxylation sites is 1. The molecule has 3 heteroatoms. The SMILES string of the molecule is CNc1cnc2ccccc2c1N. The molecule has 0 saturated heterocycles. The summed E-state index contributed by atoms with van der Waals surface area (Å²) in [4.78, 5) is 4.27. The van der Waals surface area contributed by atoms with Gasteiger partial charge in [0.05, 0.1) is 23.1 Å². The van der Waals surface area contributed by atoms with Crippen LogP contribution in [-0.4, -0.2) is 12.0 Å². The number of nitrogens with one attached hydrogen (secondary N) is 1. The normalized spacial score (nSPS) is 10.2. The van der Waals surface area contributed by atoms with Crippen LogP contribution in [0.3, 0.4) is 0 Å². The number of anilines is 2. The van der Waals surface area contributed by atoms with Crippen LogP contribution in [0.5, 0.6) is 0 Å². The van der Waals surface area contributed by atoms with E-state index in [1.54, 1.807) is 6.20 Å². The van der Waals surface area contributed by atoms with Gasteiger partial charge in [-0.1, -0.05) is 18.2 Å². The molecule has 0 aliphatic rings. The average molecular weight is 173 g/mol. The largest absolute Gasteiger partial charge is 0.396 e. The minimum Gasteiger partial charge on any atom is -0.396 e. The predicted octanol–water partition coefficient (Wildman–Crippen LogP) is 1.86. The third-order valence-electron chi connectivity index (χ3n) is 2.09. The van der Waals surface area contributed by atoms with Crippen molar-refractivity contribution in [3.05, 3.63) is 30.5 Å². The van der Waals surface area contributed by atoms with Crippen LogP contribution < -0.4 is 11.1 Å². The zero-order chi connectivity index (χ0) is 9.26. The molecule has 0 atom stereocenters. The highest BCUT2D eigenvalue weighted by molar-refractivity contribution is 5.95. The van der Waals surface area contributed by atoms with Crippen LogP contribution in [0.4, 0.5) is 11.4 Å². The van der Waals surface area contributed by atoms with Crippen molar-refractivity contribution < 1.29 is 0 Å². The molecular formula is C10H11N3. The van der Waals surface area contributed by atoms with Gasteiger partial charge in [-0.2, -0.15) is 0 Å². The Kier molecular flexibility index (Phi) is 1.77. The lowest BCUT2D eigenvalue weighted by molar-refractivity contribution is 1.38. The van der Waals surface area contributed by atoms with Gasteiger partial charge in [-0.3, -0.25) is 4.98 Å². The molecule has 0 spiro atoms. The summed E-state index contributed by atoms with van der Waals surface area (Å²) < 4.78 is 0. The fraction of sp³-hybridized carbons (Fsp3) is 0.100. The molecule has 0 aliphatic heterocycles. The number of nitrogens with zero attached hydrogens (tertiary/aromatic N) is 1. The van der Waals surface area contributed by atoms with Crippen LogP contribution in [0.2, 0.25) is 0 Å². The summed E-state index contributed by atoms with van der Waals surface area (Å²) in [5.74, 6) is 0. The maximum Gasteiger partial charge on any atom is 0.0764 e. The molecule has 2 aromatic rings. The third kappa shape index (κ3) is 1.18. The number of hydrogen-bond donors (Lipinski definition) is 2. The number of benzene rings is 1. The van der Waals surface area contributed by atoms with E-state index >= 15 is 0 Å². The van der Waals surface area contributed by atoms with Crippen LogP contribution in [0.25, 0.3) is 10.9 Å². The van der Waals surface area contributed by atoms with Crippen LogP contribution in [0.15, 0.2) is 30.5 Å². The summed E-state index contributed by atoms with van der Waals surface area (Å²) in [5.41, 5.74) is 8.49. The molecule has 0 unspecified atom stereocenters. The monoisotopic (exact) mass is 173 g/mol. The number of fused-ring (bicyclic) bond motifs is 1. The Bertz CT molecular complexity index is 437. The smallest absolute Gasteiger partial charge is 0.0764 e. The van der Waals surface area contributed by atoms with Crippen molar-refractivity contribution in [3.63, 3.8) is 0 Å². The Morgan fingerprint density at radius 3 is 2.85 bits per heavy atom. The summed E-state index contributed by atoms with van der Waals surface area (Å²) in [5, 5.41) is 3.99. The zero-order valence-corrected chi connectivity index (χ0v) is 7.41. The molecule has 0 saturated carbocycles. The molecule has 66 valence electrons. The fourth-order valence-corrected chi connectivity index (χ4v) is 1.36. The topological polar surface area (TPSA) is 50.9 Å². The summed E-state index contributed by atoms with van der Waals surface area (Å²) in [6.07, 6.45) is 1.75. The molecule has 3 nitrogen and oxygen atoms in total. The molecule has 1 aromatic heterocycles. The molecule has 13 heavy (non-hydrogen) atoms. The van der Waals surface area contributed by atoms with Gasteiger partial charge in [0.1, 0.15) is 0 Å². The molecule has 1 aromatic carbocycles. The molecule has 1 heterocycles. The highest BCUT2D eigenvalue weighted by Crippen LogP contribution is 2.25. The van der Waals surface area contributed by atoms with E-state index in [1.807, 2.05) is 31.3 Å². The number of hydrogen-bond acceptors (Lipinski definition) is 3. The lowest BCUT2D eigenvalue weighted by Crippen LogP contribution is -1.97. The number of nitrogens with two attached hydrogens (primary N) is 1. The van der Waals surface area contributed by atoms with Crippen LogP contribution in [0, 0.1) is 0 Å². The van der Waals surface area contributed by atoms with Gasteiger partial charge in [0, 0.05) is 12.4 Å². The quantitative estimate of drug-likeness (QED) is 0.692. The van der Waals surface area contributed by atoms with Crippen molar-refractivity contribution in [2.24, 2.45) is 0 Å². The number of aromatic nitrogens is 1. The summed E-state index contributed by atoms with van der Waals surface area (Å²) in [6.45, 7) is 0. The summed E-state index contributed by atoms with van der Waals surface area (Å²) in [6, 6.07) is 7.83. The molecule has 0 bridgehead atoms. The van der Waals surface area contributed by atoms with E-state index in [0.717, 1.165) is 22.3 Å². The Hall–Kier alpha value is -1.77. The second-order valence-electron chi connectivity index (χ2n) is 2.85. The van der Waals surface area contributed by atoms with Crippen molar-refractivity contribution in [3.8, 4) is 0 Å². The Morgan fingerprint density at radius 1 is 1.31 bits per heavy atom. The van der Waals surface area contributed by atoms with E-state index < -0.39 is 0 Å². The second kappa shape index (κ2) is 2.94. The molecule has 0 amide bonds. The number of nitrogen functional groups attached to an aromatic ring is 1. The van der Waals surface area contributed by atoms with Gasteiger partial charge in [0.2, 0.25) is 0 Å². The van der Waals surface area contributed by atoms with Crippen molar-refractivity contribution in [2.45, 2.75) is 0 Å². The minimum absolute atomic E-state index is 0.758. The molecule has 0 aliphatic carbocycles. The van der Waals surface area contributed by atoms with Crippen molar-refractivity contribution in [2.75, 3.05) is 18.1 Å². The van der Waals surface area contributed by atoms with E-state index in [1.165, 1.54) is 0 Å². The summed E-state index contributed by atoms with van der Waals surface area (Å²) >= 11 is 0. The molecule has 2 rings (SSSR count). The first-order valence-electron chi connectivity index (χ1n) is 4.14. The predicted molar refractivity (Wildman–Crippen MR) is 55.7 cm³/mol. The van der Waals surface area contributed by atoms with Crippen molar-refractivity contribution >= 4 is 22.3 Å². The zero-order valence-electron chi connectivity index (χ0n) is 7.41. The molecule has 3 N–H and O–H groups in total. The molecule has 0 fully saturated rings.